The zero-order chi connectivity index (χ0) is 11.5. The highest BCUT2D eigenvalue weighted by Crippen LogP contribution is 2.32. The van der Waals surface area contributed by atoms with E-state index in [0.29, 0.717) is 0 Å². The first kappa shape index (κ1) is 11.7. The van der Waals surface area contributed by atoms with Crippen molar-refractivity contribution in [3.8, 4) is 5.75 Å². The van der Waals surface area contributed by atoms with Gasteiger partial charge in [0.2, 0.25) is 0 Å². The average molecular weight is 241 g/mol. The van der Waals surface area contributed by atoms with Crippen molar-refractivity contribution >= 4 is 11.6 Å². The molecule has 0 spiro atoms. The lowest BCUT2D eigenvalue weighted by atomic mass is 9.94. The Bertz CT molecular complexity index is 370. The molecule has 2 unspecified atom stereocenters. The molecule has 16 heavy (non-hydrogen) atoms. The lowest BCUT2D eigenvalue weighted by Gasteiger charge is -2.29. The maximum atomic E-state index is 6.01. The molecule has 2 atom stereocenters. The molecular weight excluding hydrogens is 224 g/mol. The molecule has 1 aromatic carbocycles. The van der Waals surface area contributed by atoms with Gasteiger partial charge in [0.15, 0.2) is 0 Å². The van der Waals surface area contributed by atoms with Gasteiger partial charge >= 0.3 is 0 Å². The van der Waals surface area contributed by atoms with Crippen LogP contribution in [-0.4, -0.2) is 19.7 Å². The van der Waals surface area contributed by atoms with Crippen molar-refractivity contribution < 1.29 is 4.74 Å². The van der Waals surface area contributed by atoms with Crippen LogP contribution in [0.4, 0.5) is 0 Å². The standard InChI is InChI=1S/C12H17ClN2O/c1-16-12-3-2-8(13)6-10(12)11-7-9(14)4-5-15-11/h2-3,6,9,11,15H,4-5,7,14H2,1H3. The van der Waals surface area contributed by atoms with Crippen molar-refractivity contribution in [1.82, 2.24) is 5.32 Å². The summed E-state index contributed by atoms with van der Waals surface area (Å²) in [5.41, 5.74) is 7.08. The predicted octanol–water partition coefficient (Wildman–Crippen LogP) is 2.10. The lowest BCUT2D eigenvalue weighted by molar-refractivity contribution is 0.350. The number of piperidine rings is 1. The molecule has 2 rings (SSSR count). The topological polar surface area (TPSA) is 47.3 Å². The van der Waals surface area contributed by atoms with E-state index in [1.807, 2.05) is 18.2 Å². The number of halogens is 1. The van der Waals surface area contributed by atoms with Crippen LogP contribution in [0.25, 0.3) is 0 Å². The minimum absolute atomic E-state index is 0.248. The van der Waals surface area contributed by atoms with Crippen molar-refractivity contribution in [2.45, 2.75) is 24.9 Å². The molecule has 0 saturated carbocycles. The van der Waals surface area contributed by atoms with Crippen molar-refractivity contribution in [3.05, 3.63) is 28.8 Å². The Morgan fingerprint density at radius 2 is 2.31 bits per heavy atom. The largest absolute Gasteiger partial charge is 0.496 e. The molecule has 1 saturated heterocycles. The highest BCUT2D eigenvalue weighted by molar-refractivity contribution is 6.30. The first-order valence-electron chi connectivity index (χ1n) is 5.53. The monoisotopic (exact) mass is 240 g/mol. The van der Waals surface area contributed by atoms with Gasteiger partial charge in [-0.2, -0.15) is 0 Å². The molecule has 4 heteroatoms. The molecule has 0 aliphatic carbocycles. The summed E-state index contributed by atoms with van der Waals surface area (Å²) in [6, 6.07) is 6.20. The lowest BCUT2D eigenvalue weighted by Crippen LogP contribution is -2.38. The van der Waals surface area contributed by atoms with Crippen molar-refractivity contribution in [2.75, 3.05) is 13.7 Å². The second-order valence-electron chi connectivity index (χ2n) is 4.18. The third-order valence-electron chi connectivity index (χ3n) is 3.01. The Morgan fingerprint density at radius 1 is 1.50 bits per heavy atom. The Kier molecular flexibility index (Phi) is 3.69. The first-order valence-corrected chi connectivity index (χ1v) is 5.91. The normalized spacial score (nSPS) is 25.4. The molecule has 0 bridgehead atoms. The summed E-state index contributed by atoms with van der Waals surface area (Å²) >= 11 is 6.01. The van der Waals surface area contributed by atoms with Gasteiger partial charge in [-0.15, -0.1) is 0 Å². The Hall–Kier alpha value is -0.770. The number of rotatable bonds is 2. The molecule has 1 heterocycles. The molecule has 3 nitrogen and oxygen atoms in total. The van der Waals surface area contributed by atoms with E-state index in [-0.39, 0.29) is 12.1 Å². The summed E-state index contributed by atoms with van der Waals surface area (Å²) in [5, 5.41) is 4.18. The van der Waals surface area contributed by atoms with Crippen LogP contribution in [-0.2, 0) is 0 Å². The van der Waals surface area contributed by atoms with Crippen LogP contribution in [0.15, 0.2) is 18.2 Å². The molecule has 1 fully saturated rings. The number of nitrogens with one attached hydrogen (secondary N) is 1. The predicted molar refractivity (Wildman–Crippen MR) is 66.0 cm³/mol. The van der Waals surface area contributed by atoms with Gasteiger partial charge in [-0.3, -0.25) is 0 Å². The van der Waals surface area contributed by atoms with Crippen LogP contribution in [0.1, 0.15) is 24.4 Å². The first-order chi connectivity index (χ1) is 7.70. The van der Waals surface area contributed by atoms with Crippen LogP contribution in [0.5, 0.6) is 5.75 Å². The summed E-state index contributed by atoms with van der Waals surface area (Å²) in [5.74, 6) is 0.871. The van der Waals surface area contributed by atoms with Gasteiger partial charge in [-0.1, -0.05) is 11.6 Å². The fourth-order valence-corrected chi connectivity index (χ4v) is 2.34. The van der Waals surface area contributed by atoms with E-state index in [0.717, 1.165) is 35.7 Å². The summed E-state index contributed by atoms with van der Waals surface area (Å²) in [7, 11) is 1.68. The molecular formula is C12H17ClN2O. The Morgan fingerprint density at radius 3 is 3.00 bits per heavy atom. The van der Waals surface area contributed by atoms with Gasteiger partial charge < -0.3 is 15.8 Å². The molecule has 0 radical (unpaired) electrons. The molecule has 0 amide bonds. The third-order valence-corrected chi connectivity index (χ3v) is 3.25. The van der Waals surface area contributed by atoms with Crippen molar-refractivity contribution in [1.29, 1.82) is 0 Å². The highest BCUT2D eigenvalue weighted by atomic mass is 35.5. The number of hydrogen-bond acceptors (Lipinski definition) is 3. The number of hydrogen-bond donors (Lipinski definition) is 2. The number of ether oxygens (including phenoxy) is 1. The third kappa shape index (κ3) is 2.48. The van der Waals surface area contributed by atoms with E-state index in [4.69, 9.17) is 22.1 Å². The van der Waals surface area contributed by atoms with Crippen LogP contribution < -0.4 is 15.8 Å². The molecule has 88 valence electrons. The van der Waals surface area contributed by atoms with Gasteiger partial charge in [0.05, 0.1) is 7.11 Å². The maximum absolute atomic E-state index is 6.01. The fourth-order valence-electron chi connectivity index (χ4n) is 2.16. The van der Waals surface area contributed by atoms with Crippen LogP contribution in [0.2, 0.25) is 5.02 Å². The number of nitrogens with two attached hydrogens (primary N) is 1. The van der Waals surface area contributed by atoms with E-state index in [1.165, 1.54) is 0 Å². The summed E-state index contributed by atoms with van der Waals surface area (Å²) in [6.45, 7) is 0.946. The number of methoxy groups -OCH3 is 1. The maximum Gasteiger partial charge on any atom is 0.123 e. The quantitative estimate of drug-likeness (QED) is 0.832. The zero-order valence-electron chi connectivity index (χ0n) is 9.37. The smallest absolute Gasteiger partial charge is 0.123 e. The average Bonchev–Trinajstić information content (AvgIpc) is 2.29. The fraction of sp³-hybridized carbons (Fsp3) is 0.500. The summed E-state index contributed by atoms with van der Waals surface area (Å²) in [4.78, 5) is 0. The van der Waals surface area contributed by atoms with E-state index >= 15 is 0 Å². The molecule has 1 aromatic rings. The van der Waals surface area contributed by atoms with E-state index < -0.39 is 0 Å². The molecule has 1 aliphatic rings. The summed E-state index contributed by atoms with van der Waals surface area (Å²) in [6.07, 6.45) is 1.95. The van der Waals surface area contributed by atoms with Gasteiger partial charge in [0.1, 0.15) is 5.75 Å². The van der Waals surface area contributed by atoms with Gasteiger partial charge in [-0.05, 0) is 37.6 Å². The molecule has 0 aromatic heterocycles. The van der Waals surface area contributed by atoms with Gasteiger partial charge in [-0.25, -0.2) is 0 Å². The number of benzene rings is 1. The molecule has 3 N–H and O–H groups in total. The second-order valence-corrected chi connectivity index (χ2v) is 4.61. The SMILES string of the molecule is COc1ccc(Cl)cc1C1CC(N)CCN1. The van der Waals surface area contributed by atoms with Crippen LogP contribution >= 0.6 is 11.6 Å². The second kappa shape index (κ2) is 5.04. The zero-order valence-corrected chi connectivity index (χ0v) is 10.1. The van der Waals surface area contributed by atoms with Crippen LogP contribution in [0.3, 0.4) is 0 Å². The minimum Gasteiger partial charge on any atom is -0.496 e. The highest BCUT2D eigenvalue weighted by Gasteiger charge is 2.22. The molecule has 1 aliphatic heterocycles. The van der Waals surface area contributed by atoms with E-state index in [1.54, 1.807) is 7.11 Å². The van der Waals surface area contributed by atoms with Crippen molar-refractivity contribution in [3.63, 3.8) is 0 Å². The van der Waals surface area contributed by atoms with E-state index in [9.17, 15) is 0 Å². The van der Waals surface area contributed by atoms with Gasteiger partial charge in [0, 0.05) is 22.7 Å². The van der Waals surface area contributed by atoms with Crippen molar-refractivity contribution in [2.24, 2.45) is 5.73 Å². The minimum atomic E-state index is 0.248. The van der Waals surface area contributed by atoms with E-state index in [2.05, 4.69) is 5.32 Å². The van der Waals surface area contributed by atoms with Crippen LogP contribution in [0, 0.1) is 0 Å². The Balaban J connectivity index is 2.26. The Labute approximate surface area is 101 Å². The summed E-state index contributed by atoms with van der Waals surface area (Å²) < 4.78 is 5.35. The van der Waals surface area contributed by atoms with Gasteiger partial charge in [0.25, 0.3) is 0 Å².